The third kappa shape index (κ3) is 5.26. The maximum absolute atomic E-state index is 12.9. The number of benzene rings is 3. The second-order valence-electron chi connectivity index (χ2n) is 6.77. The fourth-order valence-electron chi connectivity index (χ4n) is 3.02. The molecule has 3 N–H and O–H groups in total. The highest BCUT2D eigenvalue weighted by atomic mass is 19.4. The van der Waals surface area contributed by atoms with Crippen molar-refractivity contribution in [2.24, 2.45) is 5.73 Å². The molecule has 0 aliphatic heterocycles. The SMILES string of the molecule is NC(=O)[C@H](Cc1cccc(C(F)(F)F)c1)NC(=O)c1ccc(-c2ccccc2)cc1. The molecule has 0 spiro atoms. The van der Waals surface area contributed by atoms with Crippen molar-refractivity contribution in [3.8, 4) is 11.1 Å². The number of nitrogens with two attached hydrogens (primary N) is 1. The first kappa shape index (κ1) is 21.1. The van der Waals surface area contributed by atoms with E-state index in [1.54, 1.807) is 24.3 Å². The van der Waals surface area contributed by atoms with Gasteiger partial charge in [-0.25, -0.2) is 0 Å². The van der Waals surface area contributed by atoms with E-state index in [0.717, 1.165) is 23.3 Å². The van der Waals surface area contributed by atoms with E-state index in [1.165, 1.54) is 12.1 Å². The minimum atomic E-state index is -4.50. The van der Waals surface area contributed by atoms with Gasteiger partial charge in [0.25, 0.3) is 5.91 Å². The third-order valence-corrected chi connectivity index (χ3v) is 4.60. The minimum absolute atomic E-state index is 0.146. The largest absolute Gasteiger partial charge is 0.416 e. The Labute approximate surface area is 171 Å². The Balaban J connectivity index is 1.72. The Morgan fingerprint density at radius 2 is 1.50 bits per heavy atom. The second-order valence-corrected chi connectivity index (χ2v) is 6.77. The standard InChI is InChI=1S/C23H19F3N2O2/c24-23(25,26)19-8-4-5-15(13-19)14-20(21(27)29)28-22(30)18-11-9-17(10-12-18)16-6-2-1-3-7-16/h1-13,20H,14H2,(H2,27,29)(H,28,30)/t20-/m0/s1. The Morgan fingerprint density at radius 3 is 2.10 bits per heavy atom. The quantitative estimate of drug-likeness (QED) is 0.637. The lowest BCUT2D eigenvalue weighted by Crippen LogP contribution is -2.45. The molecule has 2 amide bonds. The summed E-state index contributed by atoms with van der Waals surface area (Å²) in [7, 11) is 0. The Hall–Kier alpha value is -3.61. The summed E-state index contributed by atoms with van der Waals surface area (Å²) in [5, 5.41) is 2.50. The molecule has 154 valence electrons. The van der Waals surface area contributed by atoms with Gasteiger partial charge in [0.15, 0.2) is 0 Å². The van der Waals surface area contributed by atoms with Gasteiger partial charge in [-0.1, -0.05) is 60.7 Å². The molecule has 7 heteroatoms. The molecular weight excluding hydrogens is 393 g/mol. The summed E-state index contributed by atoms with van der Waals surface area (Å²) in [5.41, 5.74) is 6.99. The van der Waals surface area contributed by atoms with Crippen LogP contribution in [0.2, 0.25) is 0 Å². The van der Waals surface area contributed by atoms with Crippen LogP contribution >= 0.6 is 0 Å². The lowest BCUT2D eigenvalue weighted by molar-refractivity contribution is -0.137. The minimum Gasteiger partial charge on any atom is -0.368 e. The number of carbonyl (C=O) groups is 2. The van der Waals surface area contributed by atoms with Gasteiger partial charge in [0, 0.05) is 12.0 Å². The Morgan fingerprint density at radius 1 is 0.867 bits per heavy atom. The number of nitrogens with one attached hydrogen (secondary N) is 1. The molecule has 0 heterocycles. The van der Waals surface area contributed by atoms with Crippen molar-refractivity contribution in [2.75, 3.05) is 0 Å². The molecule has 0 unspecified atom stereocenters. The molecule has 0 saturated heterocycles. The number of hydrogen-bond acceptors (Lipinski definition) is 2. The average Bonchev–Trinajstić information content (AvgIpc) is 2.73. The molecule has 0 radical (unpaired) electrons. The zero-order chi connectivity index (χ0) is 21.7. The lowest BCUT2D eigenvalue weighted by Gasteiger charge is -2.17. The molecule has 0 bridgehead atoms. The molecule has 0 aliphatic rings. The molecular formula is C23H19F3N2O2. The average molecular weight is 412 g/mol. The van der Waals surface area contributed by atoms with Gasteiger partial charge in [-0.3, -0.25) is 9.59 Å². The highest BCUT2D eigenvalue weighted by Crippen LogP contribution is 2.29. The van der Waals surface area contributed by atoms with Crippen molar-refractivity contribution in [3.05, 3.63) is 95.6 Å². The van der Waals surface area contributed by atoms with E-state index < -0.39 is 29.6 Å². The predicted molar refractivity (Wildman–Crippen MR) is 107 cm³/mol. The van der Waals surface area contributed by atoms with Crippen LogP contribution in [0.15, 0.2) is 78.9 Å². The van der Waals surface area contributed by atoms with Crippen molar-refractivity contribution in [3.63, 3.8) is 0 Å². The van der Waals surface area contributed by atoms with Gasteiger partial charge in [-0.2, -0.15) is 13.2 Å². The number of carbonyl (C=O) groups excluding carboxylic acids is 2. The summed E-state index contributed by atoms with van der Waals surface area (Å²) in [5.74, 6) is -1.37. The molecule has 1 atom stereocenters. The van der Waals surface area contributed by atoms with Gasteiger partial charge in [0.2, 0.25) is 5.91 Å². The van der Waals surface area contributed by atoms with Crippen molar-refractivity contribution in [2.45, 2.75) is 18.6 Å². The van der Waals surface area contributed by atoms with Gasteiger partial charge in [-0.05, 0) is 34.9 Å². The smallest absolute Gasteiger partial charge is 0.368 e. The van der Waals surface area contributed by atoms with E-state index in [0.29, 0.717) is 5.56 Å². The van der Waals surface area contributed by atoms with Gasteiger partial charge < -0.3 is 11.1 Å². The van der Waals surface area contributed by atoms with Crippen molar-refractivity contribution < 1.29 is 22.8 Å². The monoisotopic (exact) mass is 412 g/mol. The van der Waals surface area contributed by atoms with Crippen LogP contribution in [0.25, 0.3) is 11.1 Å². The summed E-state index contributed by atoms with van der Waals surface area (Å²) in [6.07, 6.45) is -4.64. The van der Waals surface area contributed by atoms with Crippen LogP contribution < -0.4 is 11.1 Å². The van der Waals surface area contributed by atoms with Gasteiger partial charge in [0.05, 0.1) is 5.56 Å². The molecule has 3 aromatic rings. The summed E-state index contributed by atoms with van der Waals surface area (Å²) in [4.78, 5) is 24.3. The van der Waals surface area contributed by atoms with Crippen LogP contribution in [0.5, 0.6) is 0 Å². The molecule has 3 rings (SSSR count). The van der Waals surface area contributed by atoms with Crippen molar-refractivity contribution >= 4 is 11.8 Å². The molecule has 0 fully saturated rings. The van der Waals surface area contributed by atoms with Crippen LogP contribution in [0.3, 0.4) is 0 Å². The predicted octanol–water partition coefficient (Wildman–Crippen LogP) is 4.20. The number of hydrogen-bond donors (Lipinski definition) is 2. The summed E-state index contributed by atoms with van der Waals surface area (Å²) >= 11 is 0. The molecule has 4 nitrogen and oxygen atoms in total. The zero-order valence-electron chi connectivity index (χ0n) is 15.8. The summed E-state index contributed by atoms with van der Waals surface area (Å²) < 4.78 is 38.7. The third-order valence-electron chi connectivity index (χ3n) is 4.60. The number of primary amides is 1. The lowest BCUT2D eigenvalue weighted by atomic mass is 10.0. The first-order valence-corrected chi connectivity index (χ1v) is 9.16. The van der Waals surface area contributed by atoms with E-state index in [9.17, 15) is 22.8 Å². The van der Waals surface area contributed by atoms with Crippen LogP contribution in [-0.4, -0.2) is 17.9 Å². The van der Waals surface area contributed by atoms with Crippen LogP contribution in [0.1, 0.15) is 21.5 Å². The molecule has 3 aromatic carbocycles. The highest BCUT2D eigenvalue weighted by molar-refractivity contribution is 5.97. The number of halogens is 3. The van der Waals surface area contributed by atoms with E-state index in [2.05, 4.69) is 5.32 Å². The second kappa shape index (κ2) is 8.82. The maximum Gasteiger partial charge on any atom is 0.416 e. The van der Waals surface area contributed by atoms with E-state index >= 15 is 0 Å². The van der Waals surface area contributed by atoms with Crippen molar-refractivity contribution in [1.82, 2.24) is 5.32 Å². The molecule has 30 heavy (non-hydrogen) atoms. The number of amides is 2. The molecule has 0 aliphatic carbocycles. The summed E-state index contributed by atoms with van der Waals surface area (Å²) in [6, 6.07) is 19.8. The van der Waals surface area contributed by atoms with Crippen LogP contribution in [0.4, 0.5) is 13.2 Å². The van der Waals surface area contributed by atoms with Crippen LogP contribution in [-0.2, 0) is 17.4 Å². The topological polar surface area (TPSA) is 72.2 Å². The van der Waals surface area contributed by atoms with Gasteiger partial charge >= 0.3 is 6.18 Å². The summed E-state index contributed by atoms with van der Waals surface area (Å²) in [6.45, 7) is 0. The van der Waals surface area contributed by atoms with Gasteiger partial charge in [-0.15, -0.1) is 0 Å². The first-order valence-electron chi connectivity index (χ1n) is 9.16. The Kier molecular flexibility index (Phi) is 6.20. The van der Waals surface area contributed by atoms with E-state index in [4.69, 9.17) is 5.73 Å². The van der Waals surface area contributed by atoms with Crippen LogP contribution in [0, 0.1) is 0 Å². The van der Waals surface area contributed by atoms with Crippen molar-refractivity contribution in [1.29, 1.82) is 0 Å². The Bertz CT molecular complexity index is 1030. The first-order chi connectivity index (χ1) is 14.2. The molecule has 0 aromatic heterocycles. The molecule has 0 saturated carbocycles. The van der Waals surface area contributed by atoms with Gasteiger partial charge in [0.1, 0.15) is 6.04 Å². The maximum atomic E-state index is 12.9. The zero-order valence-corrected chi connectivity index (χ0v) is 15.8. The number of rotatable bonds is 6. The highest BCUT2D eigenvalue weighted by Gasteiger charge is 2.30. The fraction of sp³-hybridized carbons (Fsp3) is 0.130. The number of alkyl halides is 3. The van der Waals surface area contributed by atoms with E-state index in [-0.39, 0.29) is 12.0 Å². The normalized spacial score (nSPS) is 12.2. The fourth-order valence-corrected chi connectivity index (χ4v) is 3.02. The van der Waals surface area contributed by atoms with E-state index in [1.807, 2.05) is 30.3 Å².